The molecule has 2 aromatic heterocycles. The molecule has 5 aromatic rings. The van der Waals surface area contributed by atoms with Crippen LogP contribution in [-0.4, -0.2) is 117 Å². The lowest BCUT2D eigenvalue weighted by molar-refractivity contribution is -0.172. The minimum Gasteiger partial charge on any atom is -0.458 e. The molecule has 4 aliphatic heterocycles. The smallest absolute Gasteiger partial charge is 0.417 e. The van der Waals surface area contributed by atoms with Crippen LogP contribution in [0, 0.1) is 17.1 Å². The van der Waals surface area contributed by atoms with Crippen LogP contribution < -0.4 is 25.4 Å². The summed E-state index contributed by atoms with van der Waals surface area (Å²) in [6.45, 7) is 8.45. The third-order valence-electron chi connectivity index (χ3n) is 14.6. The van der Waals surface area contributed by atoms with Crippen molar-refractivity contribution in [2.24, 2.45) is 0 Å². The van der Waals surface area contributed by atoms with E-state index in [1.54, 1.807) is 34.6 Å². The average molecular weight is 1070 g/mol. The average Bonchev–Trinajstić information content (AvgIpc) is 3.83. The molecule has 398 valence electrons. The first-order valence-electron chi connectivity index (χ1n) is 24.9. The zero-order valence-electron chi connectivity index (χ0n) is 42.5. The molecule has 0 aliphatic carbocycles. The van der Waals surface area contributed by atoms with Crippen molar-refractivity contribution in [1.29, 1.82) is 5.26 Å². The van der Waals surface area contributed by atoms with Crippen LogP contribution in [0.15, 0.2) is 65.5 Å². The highest BCUT2D eigenvalue weighted by atomic mass is 32.1. The summed E-state index contributed by atoms with van der Waals surface area (Å²) in [5.74, 6) is -2.58. The number of esters is 1. The number of cyclic esters (lactones) is 1. The van der Waals surface area contributed by atoms with Gasteiger partial charge in [0.15, 0.2) is 10.7 Å². The minimum atomic E-state index is -4.87. The van der Waals surface area contributed by atoms with Gasteiger partial charge in [-0.2, -0.15) is 18.4 Å². The van der Waals surface area contributed by atoms with Gasteiger partial charge in [0.05, 0.1) is 57.5 Å². The summed E-state index contributed by atoms with van der Waals surface area (Å²) in [7, 11) is 3.82. The SMILES string of the molecule is CC[C@@]1(O)C(=O)OCc2c1cc1n(c2=O)Cc2cc3c(CN(C)C)c(OC(=O)N4CCN(CCCCCCNC(=O)c5ccc(N6C(=S)N(c7ccc(C#N)c(C(F)(F)F)c7)C(=O)C6(C)C)cc5F)CC4)ccc3nc2-1. The molecule has 0 bridgehead atoms. The topological polar surface area (TPSA) is 194 Å². The summed E-state index contributed by atoms with van der Waals surface area (Å²) < 4.78 is 69.7. The number of anilines is 2. The number of aliphatic hydroxyl groups is 1. The van der Waals surface area contributed by atoms with E-state index in [9.17, 15) is 47.5 Å². The van der Waals surface area contributed by atoms with Gasteiger partial charge >= 0.3 is 18.2 Å². The number of nitrogens with one attached hydrogen (secondary N) is 1. The molecule has 0 spiro atoms. The maximum atomic E-state index is 15.5. The van der Waals surface area contributed by atoms with E-state index in [-0.39, 0.29) is 58.3 Å². The van der Waals surface area contributed by atoms with Crippen LogP contribution in [0.4, 0.5) is 33.7 Å². The number of hydrogen-bond acceptors (Lipinski definition) is 13. The van der Waals surface area contributed by atoms with E-state index in [1.165, 1.54) is 43.0 Å². The highest BCUT2D eigenvalue weighted by Crippen LogP contribution is 2.42. The van der Waals surface area contributed by atoms with Gasteiger partial charge in [-0.1, -0.05) is 19.8 Å². The Labute approximate surface area is 440 Å². The number of carbonyl (C=O) groups excluding carboxylic acids is 4. The van der Waals surface area contributed by atoms with Crippen molar-refractivity contribution >= 4 is 63.5 Å². The molecule has 17 nitrogen and oxygen atoms in total. The number of fused-ring (bicyclic) bond motifs is 5. The molecule has 22 heteroatoms. The first-order chi connectivity index (χ1) is 36.1. The highest BCUT2D eigenvalue weighted by Gasteiger charge is 2.51. The lowest BCUT2D eigenvalue weighted by atomic mass is 9.86. The number of unbranched alkanes of at least 4 members (excludes halogenated alkanes) is 3. The fraction of sp³-hybridized carbons (Fsp3) is 0.407. The number of amides is 3. The Bertz CT molecular complexity index is 3330. The first-order valence-corrected chi connectivity index (χ1v) is 25.3. The number of thiocarbonyl (C=S) groups is 1. The molecular formula is C54H55F4N9O8S. The van der Waals surface area contributed by atoms with Crippen LogP contribution in [0.5, 0.6) is 5.75 Å². The Kier molecular flexibility index (Phi) is 14.5. The molecule has 3 amide bonds. The summed E-state index contributed by atoms with van der Waals surface area (Å²) in [6.07, 6.45) is -2.09. The number of nitriles is 1. The second kappa shape index (κ2) is 20.7. The van der Waals surface area contributed by atoms with Gasteiger partial charge in [-0.25, -0.2) is 19.0 Å². The van der Waals surface area contributed by atoms with Gasteiger partial charge in [0.25, 0.3) is 17.4 Å². The molecule has 0 unspecified atom stereocenters. The van der Waals surface area contributed by atoms with Crippen molar-refractivity contribution in [2.75, 3.05) is 63.2 Å². The van der Waals surface area contributed by atoms with Gasteiger partial charge in [0.1, 0.15) is 23.7 Å². The number of rotatable bonds is 14. The van der Waals surface area contributed by atoms with Crippen LogP contribution in [0.1, 0.15) is 96.6 Å². The van der Waals surface area contributed by atoms with Gasteiger partial charge in [-0.05, 0) is 127 Å². The van der Waals surface area contributed by atoms with E-state index >= 15 is 4.39 Å². The fourth-order valence-corrected chi connectivity index (χ4v) is 10.9. The predicted molar refractivity (Wildman–Crippen MR) is 276 cm³/mol. The van der Waals surface area contributed by atoms with Crippen LogP contribution >= 0.6 is 12.2 Å². The maximum Gasteiger partial charge on any atom is 0.417 e. The second-order valence-electron chi connectivity index (χ2n) is 20.1. The van der Waals surface area contributed by atoms with Gasteiger partial charge in [-0.3, -0.25) is 24.2 Å². The Morgan fingerprint density at radius 1 is 0.974 bits per heavy atom. The number of halogens is 4. The van der Waals surface area contributed by atoms with Crippen molar-refractivity contribution in [3.05, 3.63) is 116 Å². The number of carbonyl (C=O) groups is 4. The molecule has 76 heavy (non-hydrogen) atoms. The van der Waals surface area contributed by atoms with E-state index in [1.807, 2.05) is 25.1 Å². The number of nitrogens with zero attached hydrogens (tertiary/aromatic N) is 8. The van der Waals surface area contributed by atoms with Crippen molar-refractivity contribution in [1.82, 2.24) is 29.6 Å². The number of pyridine rings is 2. The zero-order chi connectivity index (χ0) is 54.6. The molecule has 2 N–H and O–H groups in total. The molecule has 9 rings (SSSR count). The Balaban J connectivity index is 0.738. The molecule has 3 aromatic carbocycles. The van der Waals surface area contributed by atoms with E-state index < -0.39 is 58.1 Å². The molecule has 4 aliphatic rings. The van der Waals surface area contributed by atoms with E-state index in [4.69, 9.17) is 26.7 Å². The Morgan fingerprint density at radius 3 is 2.38 bits per heavy atom. The lowest BCUT2D eigenvalue weighted by Crippen LogP contribution is -2.49. The Morgan fingerprint density at radius 2 is 1.70 bits per heavy atom. The van der Waals surface area contributed by atoms with E-state index in [0.29, 0.717) is 74.4 Å². The van der Waals surface area contributed by atoms with Crippen molar-refractivity contribution < 1.29 is 51.3 Å². The molecular weight excluding hydrogens is 1010 g/mol. The highest BCUT2D eigenvalue weighted by molar-refractivity contribution is 7.81. The number of ether oxygens (including phenoxy) is 2. The molecule has 1 atom stereocenters. The van der Waals surface area contributed by atoms with Crippen molar-refractivity contribution in [3.63, 3.8) is 0 Å². The lowest BCUT2D eigenvalue weighted by Gasteiger charge is -2.34. The minimum absolute atomic E-state index is 0.0382. The van der Waals surface area contributed by atoms with Crippen LogP contribution in [0.3, 0.4) is 0 Å². The van der Waals surface area contributed by atoms with E-state index in [0.717, 1.165) is 59.4 Å². The quantitative estimate of drug-likeness (QED) is 0.0482. The molecule has 0 saturated carbocycles. The predicted octanol–water partition coefficient (Wildman–Crippen LogP) is 7.19. The summed E-state index contributed by atoms with van der Waals surface area (Å²) in [5, 5.41) is 23.8. The second-order valence-corrected chi connectivity index (χ2v) is 20.5. The van der Waals surface area contributed by atoms with Crippen LogP contribution in [0.25, 0.3) is 22.3 Å². The summed E-state index contributed by atoms with van der Waals surface area (Å²) in [5.41, 5.74) is -2.18. The molecule has 2 fully saturated rings. The zero-order valence-corrected chi connectivity index (χ0v) is 43.3. The first kappa shape index (κ1) is 53.5. The number of piperazine rings is 1. The van der Waals surface area contributed by atoms with Gasteiger partial charge in [-0.15, -0.1) is 0 Å². The van der Waals surface area contributed by atoms with E-state index in [2.05, 4.69) is 10.2 Å². The number of hydrogen-bond donors (Lipinski definition) is 2. The van der Waals surface area contributed by atoms with Gasteiger partial charge in [0, 0.05) is 67.0 Å². The van der Waals surface area contributed by atoms with Crippen molar-refractivity contribution in [2.45, 2.75) is 89.9 Å². The molecule has 6 heterocycles. The molecule has 2 saturated heterocycles. The summed E-state index contributed by atoms with van der Waals surface area (Å²) in [6, 6.07) is 15.2. The summed E-state index contributed by atoms with van der Waals surface area (Å²) in [4.78, 5) is 79.7. The van der Waals surface area contributed by atoms with Gasteiger partial charge < -0.3 is 39.2 Å². The monoisotopic (exact) mass is 1070 g/mol. The third-order valence-corrected chi connectivity index (χ3v) is 14.9. The standard InChI is InChI=1S/C54H55F4N9O8S/c1-6-53(73)40-26-43-45-32(28-65(43)47(69)38(40)30-74-49(53)71)23-36-37(29-62(4)5)44(16-15-42(36)61-45)75-51(72)64-21-19-63(20-22-64)18-10-8-7-9-17-60-46(68)35-14-13-34(25-41(35)55)67-50(76)66(48(70)52(67,2)3)33-12-11-31(27-59)39(24-33)54(56,57)58/h11-16,23-26,73H,6-10,17-22,28-30H2,1-5H3,(H,60,68)/t53-/m0/s1. The fourth-order valence-electron chi connectivity index (χ4n) is 10.4. The maximum absolute atomic E-state index is 15.5. The van der Waals surface area contributed by atoms with Crippen molar-refractivity contribution in [3.8, 4) is 23.2 Å². The van der Waals surface area contributed by atoms with Crippen LogP contribution in [0.2, 0.25) is 0 Å². The normalized spacial score (nSPS) is 18.2. The Hall–Kier alpha value is -7.32. The third kappa shape index (κ3) is 9.76. The number of alkyl halides is 3. The molecule has 0 radical (unpaired) electrons. The largest absolute Gasteiger partial charge is 0.458 e. The van der Waals surface area contributed by atoms with Gasteiger partial charge in [0.2, 0.25) is 0 Å². The number of benzene rings is 3. The van der Waals surface area contributed by atoms with Crippen LogP contribution in [-0.2, 0) is 45.8 Å². The number of aromatic nitrogens is 2. The summed E-state index contributed by atoms with van der Waals surface area (Å²) >= 11 is 5.55.